The standard InChI is InChI=1S/C32H35NO6/c1-6-36-29(34)18-26-14-21(2)10-11-28(26)38-20-23-16-25-12-13-37-30(25)27(17-23)24-9-7-8-22(15-24)19-33-31(35)39-32(3,4)5/h7-17H,6,18-20H2,1-5H3,(H,33,35). The third-order valence-electron chi connectivity index (χ3n) is 5.94. The highest BCUT2D eigenvalue weighted by atomic mass is 16.6. The maximum Gasteiger partial charge on any atom is 0.407 e. The van der Waals surface area contributed by atoms with Crippen LogP contribution in [-0.4, -0.2) is 24.3 Å². The van der Waals surface area contributed by atoms with E-state index in [2.05, 4.69) is 5.32 Å². The number of carbonyl (C=O) groups excluding carboxylic acids is 2. The van der Waals surface area contributed by atoms with E-state index in [4.69, 9.17) is 18.6 Å². The summed E-state index contributed by atoms with van der Waals surface area (Å²) in [7, 11) is 0. The van der Waals surface area contributed by atoms with Crippen LogP contribution in [0.4, 0.5) is 4.79 Å². The fourth-order valence-electron chi connectivity index (χ4n) is 4.29. The summed E-state index contributed by atoms with van der Waals surface area (Å²) in [5.74, 6) is 0.369. The summed E-state index contributed by atoms with van der Waals surface area (Å²) in [6.07, 6.45) is 1.37. The highest BCUT2D eigenvalue weighted by Crippen LogP contribution is 2.32. The molecule has 1 N–H and O–H groups in total. The second kappa shape index (κ2) is 12.1. The maximum atomic E-state index is 12.1. The normalized spacial score (nSPS) is 11.3. The fourth-order valence-corrected chi connectivity index (χ4v) is 4.29. The molecule has 0 radical (unpaired) electrons. The number of ether oxygens (including phenoxy) is 3. The van der Waals surface area contributed by atoms with E-state index < -0.39 is 11.7 Å². The number of carbonyl (C=O) groups is 2. The number of amides is 1. The van der Waals surface area contributed by atoms with E-state index in [1.54, 1.807) is 13.2 Å². The summed E-state index contributed by atoms with van der Waals surface area (Å²) in [4.78, 5) is 24.2. The fraction of sp³-hybridized carbons (Fsp3) is 0.312. The minimum absolute atomic E-state index is 0.154. The Labute approximate surface area is 229 Å². The molecular weight excluding hydrogens is 494 g/mol. The highest BCUT2D eigenvalue weighted by Gasteiger charge is 2.16. The first-order valence-electron chi connectivity index (χ1n) is 13.1. The predicted octanol–water partition coefficient (Wildman–Crippen LogP) is 7.12. The number of rotatable bonds is 9. The average Bonchev–Trinajstić information content (AvgIpc) is 3.35. The van der Waals surface area contributed by atoms with Gasteiger partial charge in [0, 0.05) is 23.1 Å². The van der Waals surface area contributed by atoms with E-state index in [9.17, 15) is 9.59 Å². The maximum absolute atomic E-state index is 12.1. The van der Waals surface area contributed by atoms with Crippen molar-refractivity contribution in [2.75, 3.05) is 6.61 Å². The summed E-state index contributed by atoms with van der Waals surface area (Å²) < 4.78 is 22.5. The zero-order valence-electron chi connectivity index (χ0n) is 23.1. The number of aryl methyl sites for hydroxylation is 1. The van der Waals surface area contributed by atoms with Crippen molar-refractivity contribution in [2.45, 2.75) is 59.8 Å². The van der Waals surface area contributed by atoms with E-state index >= 15 is 0 Å². The van der Waals surface area contributed by atoms with Crippen LogP contribution in [0, 0.1) is 6.92 Å². The van der Waals surface area contributed by atoms with Crippen LogP contribution in [0.25, 0.3) is 22.1 Å². The van der Waals surface area contributed by atoms with Gasteiger partial charge in [0.2, 0.25) is 0 Å². The Bertz CT molecular complexity index is 1460. The summed E-state index contributed by atoms with van der Waals surface area (Å²) in [5.41, 5.74) is 5.83. The molecule has 0 atom stereocenters. The lowest BCUT2D eigenvalue weighted by molar-refractivity contribution is -0.142. The number of hydrogen-bond donors (Lipinski definition) is 1. The van der Waals surface area contributed by atoms with Gasteiger partial charge in [-0.1, -0.05) is 35.9 Å². The SMILES string of the molecule is CCOC(=O)Cc1cc(C)ccc1OCc1cc(-c2cccc(CNC(=O)OC(C)(C)C)c2)c2occc2c1. The van der Waals surface area contributed by atoms with E-state index in [0.29, 0.717) is 25.5 Å². The van der Waals surface area contributed by atoms with Crippen molar-refractivity contribution in [1.29, 1.82) is 0 Å². The Kier molecular flexibility index (Phi) is 8.59. The van der Waals surface area contributed by atoms with Crippen molar-refractivity contribution in [1.82, 2.24) is 5.32 Å². The number of nitrogens with one attached hydrogen (secondary N) is 1. The van der Waals surface area contributed by atoms with Gasteiger partial charge in [-0.2, -0.15) is 0 Å². The topological polar surface area (TPSA) is 87.0 Å². The summed E-state index contributed by atoms with van der Waals surface area (Å²) in [6.45, 7) is 10.3. The molecular formula is C32H35NO6. The van der Waals surface area contributed by atoms with Crippen molar-refractivity contribution < 1.29 is 28.2 Å². The lowest BCUT2D eigenvalue weighted by Gasteiger charge is -2.19. The molecule has 4 aromatic rings. The van der Waals surface area contributed by atoms with Gasteiger partial charge in [-0.05, 0) is 81.6 Å². The van der Waals surface area contributed by atoms with Gasteiger partial charge in [0.15, 0.2) is 0 Å². The molecule has 0 aliphatic carbocycles. The molecule has 39 heavy (non-hydrogen) atoms. The number of esters is 1. The van der Waals surface area contributed by atoms with Crippen molar-refractivity contribution in [3.05, 3.63) is 89.2 Å². The van der Waals surface area contributed by atoms with Gasteiger partial charge >= 0.3 is 12.1 Å². The van der Waals surface area contributed by atoms with Crippen LogP contribution >= 0.6 is 0 Å². The third-order valence-corrected chi connectivity index (χ3v) is 5.94. The van der Waals surface area contributed by atoms with Crippen LogP contribution in [0.2, 0.25) is 0 Å². The summed E-state index contributed by atoms with van der Waals surface area (Å²) >= 11 is 0. The summed E-state index contributed by atoms with van der Waals surface area (Å²) in [6, 6.07) is 19.8. The molecule has 0 saturated heterocycles. The zero-order chi connectivity index (χ0) is 28.0. The number of benzene rings is 3. The lowest BCUT2D eigenvalue weighted by atomic mass is 9.99. The van der Waals surface area contributed by atoms with Gasteiger partial charge in [0.05, 0.1) is 19.3 Å². The van der Waals surface area contributed by atoms with Gasteiger partial charge in [-0.3, -0.25) is 4.79 Å². The average molecular weight is 530 g/mol. The Morgan fingerprint density at radius 1 is 0.974 bits per heavy atom. The van der Waals surface area contributed by atoms with Crippen molar-refractivity contribution in [3.63, 3.8) is 0 Å². The summed E-state index contributed by atoms with van der Waals surface area (Å²) in [5, 5.41) is 3.77. The molecule has 0 unspecified atom stereocenters. The molecule has 1 heterocycles. The number of fused-ring (bicyclic) bond motifs is 1. The Hall–Kier alpha value is -4.26. The van der Waals surface area contributed by atoms with E-state index in [1.165, 1.54) is 0 Å². The van der Waals surface area contributed by atoms with Crippen molar-refractivity contribution >= 4 is 23.0 Å². The van der Waals surface area contributed by atoms with Crippen molar-refractivity contribution in [2.24, 2.45) is 0 Å². The number of hydrogen-bond acceptors (Lipinski definition) is 6. The Morgan fingerprint density at radius 3 is 2.56 bits per heavy atom. The van der Waals surface area contributed by atoms with E-state index in [0.717, 1.165) is 44.3 Å². The molecule has 1 aromatic heterocycles. The van der Waals surface area contributed by atoms with Gasteiger partial charge in [-0.25, -0.2) is 4.79 Å². The van der Waals surface area contributed by atoms with Gasteiger partial charge in [0.1, 0.15) is 23.5 Å². The molecule has 0 fully saturated rings. The smallest absolute Gasteiger partial charge is 0.407 e. The molecule has 0 bridgehead atoms. The van der Waals surface area contributed by atoms with Gasteiger partial charge in [-0.15, -0.1) is 0 Å². The van der Waals surface area contributed by atoms with Crippen LogP contribution in [0.3, 0.4) is 0 Å². The minimum atomic E-state index is -0.558. The minimum Gasteiger partial charge on any atom is -0.489 e. The first kappa shape index (κ1) is 27.8. The van der Waals surface area contributed by atoms with E-state index in [-0.39, 0.29) is 12.4 Å². The number of alkyl carbamates (subject to hydrolysis) is 1. The first-order chi connectivity index (χ1) is 18.6. The number of furan rings is 1. The molecule has 1 amide bonds. The van der Waals surface area contributed by atoms with Gasteiger partial charge < -0.3 is 23.9 Å². The predicted molar refractivity (Wildman–Crippen MR) is 151 cm³/mol. The quantitative estimate of drug-likeness (QED) is 0.232. The Balaban J connectivity index is 1.55. The first-order valence-corrected chi connectivity index (χ1v) is 13.1. The second-order valence-corrected chi connectivity index (χ2v) is 10.4. The van der Waals surface area contributed by atoms with Crippen LogP contribution in [-0.2, 0) is 33.8 Å². The molecule has 7 heteroatoms. The third kappa shape index (κ3) is 7.63. The molecule has 0 spiro atoms. The molecule has 0 saturated carbocycles. The molecule has 204 valence electrons. The van der Waals surface area contributed by atoms with Gasteiger partial charge in [0.25, 0.3) is 0 Å². The lowest BCUT2D eigenvalue weighted by Crippen LogP contribution is -2.32. The largest absolute Gasteiger partial charge is 0.489 e. The van der Waals surface area contributed by atoms with Crippen LogP contribution in [0.1, 0.15) is 49.9 Å². The Morgan fingerprint density at radius 2 is 1.79 bits per heavy atom. The van der Waals surface area contributed by atoms with Crippen LogP contribution in [0.5, 0.6) is 5.75 Å². The molecule has 0 aliphatic heterocycles. The zero-order valence-corrected chi connectivity index (χ0v) is 23.1. The second-order valence-electron chi connectivity index (χ2n) is 10.4. The molecule has 3 aromatic carbocycles. The highest BCUT2D eigenvalue weighted by molar-refractivity contribution is 5.93. The van der Waals surface area contributed by atoms with E-state index in [1.807, 2.05) is 88.4 Å². The molecule has 7 nitrogen and oxygen atoms in total. The molecule has 0 aliphatic rings. The van der Waals surface area contributed by atoms with Crippen LogP contribution in [0.15, 0.2) is 71.3 Å². The van der Waals surface area contributed by atoms with Crippen molar-refractivity contribution in [3.8, 4) is 16.9 Å². The van der Waals surface area contributed by atoms with Crippen LogP contribution < -0.4 is 10.1 Å². The molecule has 4 rings (SSSR count). The monoisotopic (exact) mass is 529 g/mol.